The molecule has 0 bridgehead atoms. The fourth-order valence-electron chi connectivity index (χ4n) is 2.39. The van der Waals surface area contributed by atoms with Crippen LogP contribution in [0.15, 0.2) is 39.9 Å². The second-order valence-corrected chi connectivity index (χ2v) is 6.90. The third-order valence-corrected chi connectivity index (χ3v) is 3.79. The van der Waals surface area contributed by atoms with Gasteiger partial charge in [0.15, 0.2) is 5.96 Å². The van der Waals surface area contributed by atoms with Gasteiger partial charge in [-0.25, -0.2) is 9.98 Å². The summed E-state index contributed by atoms with van der Waals surface area (Å²) in [7, 11) is 0. The van der Waals surface area contributed by atoms with Gasteiger partial charge >= 0.3 is 0 Å². The number of furan rings is 1. The van der Waals surface area contributed by atoms with Gasteiger partial charge in [-0.2, -0.15) is 0 Å². The molecule has 0 saturated carbocycles. The summed E-state index contributed by atoms with van der Waals surface area (Å²) < 4.78 is 11.1. The molecule has 2 aromatic heterocycles. The van der Waals surface area contributed by atoms with E-state index in [2.05, 4.69) is 20.6 Å². The highest BCUT2D eigenvalue weighted by Crippen LogP contribution is 2.21. The fraction of sp³-hybridized carbons (Fsp3) is 0.500. The first-order valence-electron chi connectivity index (χ1n) is 9.23. The molecule has 148 valence electrons. The predicted octanol–water partition coefficient (Wildman–Crippen LogP) is 2.73. The van der Waals surface area contributed by atoms with Gasteiger partial charge in [-0.3, -0.25) is 0 Å². The number of aryl methyl sites for hydroxylation is 1. The van der Waals surface area contributed by atoms with Crippen LogP contribution in [0.4, 0.5) is 0 Å². The van der Waals surface area contributed by atoms with Crippen molar-refractivity contribution in [2.24, 2.45) is 4.99 Å². The zero-order valence-corrected chi connectivity index (χ0v) is 16.7. The maximum atomic E-state index is 10.6. The van der Waals surface area contributed by atoms with Gasteiger partial charge in [0.1, 0.15) is 17.1 Å². The van der Waals surface area contributed by atoms with Crippen molar-refractivity contribution in [1.29, 1.82) is 0 Å². The van der Waals surface area contributed by atoms with Crippen molar-refractivity contribution < 1.29 is 14.3 Å². The van der Waals surface area contributed by atoms with E-state index < -0.39 is 5.60 Å². The van der Waals surface area contributed by atoms with Crippen LogP contribution in [0.3, 0.4) is 0 Å². The lowest BCUT2D eigenvalue weighted by molar-refractivity contribution is 0.0378. The van der Waals surface area contributed by atoms with Crippen LogP contribution in [0.2, 0.25) is 0 Å². The topological polar surface area (TPSA) is 91.9 Å². The monoisotopic (exact) mass is 374 g/mol. The van der Waals surface area contributed by atoms with Crippen molar-refractivity contribution >= 4 is 5.96 Å². The molecule has 7 nitrogen and oxygen atoms in total. The van der Waals surface area contributed by atoms with Crippen LogP contribution in [-0.4, -0.2) is 35.2 Å². The molecule has 0 saturated heterocycles. The number of pyridine rings is 1. The average Bonchev–Trinajstić information content (AvgIpc) is 3.06. The van der Waals surface area contributed by atoms with E-state index in [0.29, 0.717) is 30.7 Å². The summed E-state index contributed by atoms with van der Waals surface area (Å²) in [6, 6.07) is 7.41. The van der Waals surface area contributed by atoms with Gasteiger partial charge in [-0.15, -0.1) is 0 Å². The van der Waals surface area contributed by atoms with Crippen LogP contribution in [-0.2, 0) is 12.1 Å². The Kier molecular flexibility index (Phi) is 7.24. The van der Waals surface area contributed by atoms with Gasteiger partial charge in [-0.05, 0) is 52.3 Å². The average molecular weight is 374 g/mol. The van der Waals surface area contributed by atoms with E-state index in [-0.39, 0.29) is 12.6 Å². The standard InChI is InChI=1S/C20H30N4O3/c1-6-21-19(24-13-20(5,25)17-9-7-15(4)27-17)23-12-16-8-10-18(22-11-16)26-14(2)3/h7-11,14,25H,6,12-13H2,1-5H3,(H2,21,23,24). The lowest BCUT2D eigenvalue weighted by atomic mass is 10.0. The SMILES string of the molecule is CCNC(=NCc1ccc(OC(C)C)nc1)NCC(C)(O)c1ccc(C)o1. The van der Waals surface area contributed by atoms with Crippen LogP contribution in [0.1, 0.15) is 44.8 Å². The molecule has 0 aromatic carbocycles. The van der Waals surface area contributed by atoms with Gasteiger partial charge < -0.3 is 24.9 Å². The normalized spacial score (nSPS) is 14.1. The second kappa shape index (κ2) is 9.41. The van der Waals surface area contributed by atoms with Crippen molar-refractivity contribution in [3.63, 3.8) is 0 Å². The zero-order valence-electron chi connectivity index (χ0n) is 16.7. The zero-order chi connectivity index (χ0) is 19.9. The molecule has 0 aliphatic heterocycles. The highest BCUT2D eigenvalue weighted by Gasteiger charge is 2.27. The molecule has 0 aliphatic carbocycles. The fourth-order valence-corrected chi connectivity index (χ4v) is 2.39. The molecular formula is C20H30N4O3. The maximum Gasteiger partial charge on any atom is 0.213 e. The van der Waals surface area contributed by atoms with Crippen molar-refractivity contribution in [2.75, 3.05) is 13.1 Å². The van der Waals surface area contributed by atoms with Gasteiger partial charge in [-0.1, -0.05) is 6.07 Å². The Labute approximate surface area is 160 Å². The molecule has 2 aromatic rings. The number of aliphatic imine (C=N–C) groups is 1. The number of nitrogens with one attached hydrogen (secondary N) is 2. The summed E-state index contributed by atoms with van der Waals surface area (Å²) in [6.45, 7) is 10.9. The minimum Gasteiger partial charge on any atom is -0.475 e. The van der Waals surface area contributed by atoms with E-state index in [9.17, 15) is 5.11 Å². The first-order valence-corrected chi connectivity index (χ1v) is 9.23. The molecule has 0 spiro atoms. The summed E-state index contributed by atoms with van der Waals surface area (Å²) in [5.74, 6) is 2.51. The lowest BCUT2D eigenvalue weighted by Gasteiger charge is -2.22. The van der Waals surface area contributed by atoms with Crippen molar-refractivity contribution in [1.82, 2.24) is 15.6 Å². The number of ether oxygens (including phenoxy) is 1. The van der Waals surface area contributed by atoms with E-state index in [0.717, 1.165) is 11.3 Å². The Balaban J connectivity index is 1.97. The van der Waals surface area contributed by atoms with Crippen molar-refractivity contribution in [3.8, 4) is 5.88 Å². The van der Waals surface area contributed by atoms with E-state index in [1.54, 1.807) is 19.2 Å². The van der Waals surface area contributed by atoms with Crippen LogP contribution in [0.25, 0.3) is 0 Å². The molecular weight excluding hydrogens is 344 g/mol. The Morgan fingerprint density at radius 2 is 2.07 bits per heavy atom. The Morgan fingerprint density at radius 1 is 1.30 bits per heavy atom. The first-order chi connectivity index (χ1) is 12.8. The summed E-state index contributed by atoms with van der Waals surface area (Å²) in [6.07, 6.45) is 1.85. The van der Waals surface area contributed by atoms with E-state index in [1.165, 1.54) is 0 Å². The molecule has 0 fully saturated rings. The molecule has 2 heterocycles. The number of aliphatic hydroxyl groups is 1. The van der Waals surface area contributed by atoms with Crippen LogP contribution in [0.5, 0.6) is 5.88 Å². The highest BCUT2D eigenvalue weighted by molar-refractivity contribution is 5.79. The summed E-state index contributed by atoms with van der Waals surface area (Å²) in [5.41, 5.74) is -0.168. The van der Waals surface area contributed by atoms with Crippen LogP contribution >= 0.6 is 0 Å². The predicted molar refractivity (Wildman–Crippen MR) is 106 cm³/mol. The number of rotatable bonds is 8. The summed E-state index contributed by atoms with van der Waals surface area (Å²) in [4.78, 5) is 8.83. The van der Waals surface area contributed by atoms with E-state index in [4.69, 9.17) is 9.15 Å². The van der Waals surface area contributed by atoms with Crippen LogP contribution in [0, 0.1) is 6.92 Å². The molecule has 27 heavy (non-hydrogen) atoms. The second-order valence-electron chi connectivity index (χ2n) is 6.90. The maximum absolute atomic E-state index is 10.6. The third-order valence-electron chi connectivity index (χ3n) is 3.79. The number of hydrogen-bond acceptors (Lipinski definition) is 5. The highest BCUT2D eigenvalue weighted by atomic mass is 16.5. The summed E-state index contributed by atoms with van der Waals surface area (Å²) in [5, 5.41) is 17.0. The molecule has 3 N–H and O–H groups in total. The smallest absolute Gasteiger partial charge is 0.213 e. The molecule has 2 rings (SSSR count). The van der Waals surface area contributed by atoms with E-state index >= 15 is 0 Å². The minimum atomic E-state index is -1.14. The number of nitrogens with zero attached hydrogens (tertiary/aromatic N) is 2. The molecule has 0 amide bonds. The number of guanidine groups is 1. The largest absolute Gasteiger partial charge is 0.475 e. The van der Waals surface area contributed by atoms with Crippen molar-refractivity contribution in [2.45, 2.75) is 52.9 Å². The third kappa shape index (κ3) is 6.60. The van der Waals surface area contributed by atoms with Gasteiger partial charge in [0, 0.05) is 18.8 Å². The van der Waals surface area contributed by atoms with Gasteiger partial charge in [0.05, 0.1) is 19.2 Å². The summed E-state index contributed by atoms with van der Waals surface area (Å²) >= 11 is 0. The first kappa shape index (κ1) is 20.8. The lowest BCUT2D eigenvalue weighted by Crippen LogP contribution is -2.44. The molecule has 0 aliphatic rings. The molecule has 0 radical (unpaired) electrons. The molecule has 1 atom stereocenters. The van der Waals surface area contributed by atoms with Crippen LogP contribution < -0.4 is 15.4 Å². The van der Waals surface area contributed by atoms with Gasteiger partial charge in [0.25, 0.3) is 0 Å². The molecule has 1 unspecified atom stereocenters. The van der Waals surface area contributed by atoms with Gasteiger partial charge in [0.2, 0.25) is 5.88 Å². The minimum absolute atomic E-state index is 0.0941. The Bertz CT molecular complexity index is 736. The number of aromatic nitrogens is 1. The Morgan fingerprint density at radius 3 is 2.63 bits per heavy atom. The number of hydrogen-bond donors (Lipinski definition) is 3. The van der Waals surface area contributed by atoms with Crippen molar-refractivity contribution in [3.05, 3.63) is 47.5 Å². The quantitative estimate of drug-likeness (QED) is 0.486. The Hall–Kier alpha value is -2.54. The van der Waals surface area contributed by atoms with E-state index in [1.807, 2.05) is 45.9 Å². The molecule has 7 heteroatoms.